The first-order valence-corrected chi connectivity index (χ1v) is 6.45. The molecule has 0 aromatic rings. The molecule has 0 spiro atoms. The van der Waals surface area contributed by atoms with Crippen LogP contribution in [0.3, 0.4) is 0 Å². The fraction of sp³-hybridized carbons (Fsp3) is 0.923. The van der Waals surface area contributed by atoms with E-state index in [2.05, 4.69) is 20.8 Å². The minimum Gasteiger partial charge on any atom is -0.396 e. The molecule has 16 heavy (non-hydrogen) atoms. The standard InChI is InChI=1S/C13H25NO2/c1-10(2)5-4-6-11(3)14-8-12(9-15)7-13(14)16/h10-12,15H,4-9H2,1-3H3. The molecule has 2 unspecified atom stereocenters. The second-order valence-corrected chi connectivity index (χ2v) is 5.47. The van der Waals surface area contributed by atoms with Gasteiger partial charge in [0.15, 0.2) is 0 Å². The number of rotatable bonds is 6. The van der Waals surface area contributed by atoms with E-state index >= 15 is 0 Å². The molecule has 0 aromatic carbocycles. The SMILES string of the molecule is CC(C)CCCC(C)N1CC(CO)CC1=O. The molecular formula is C13H25NO2. The summed E-state index contributed by atoms with van der Waals surface area (Å²) in [6, 6.07) is 0.336. The van der Waals surface area contributed by atoms with E-state index in [1.54, 1.807) is 0 Å². The van der Waals surface area contributed by atoms with Gasteiger partial charge in [0.25, 0.3) is 0 Å². The third kappa shape index (κ3) is 3.78. The summed E-state index contributed by atoms with van der Waals surface area (Å²) in [5, 5.41) is 9.05. The van der Waals surface area contributed by atoms with Crippen molar-refractivity contribution in [1.82, 2.24) is 4.90 Å². The van der Waals surface area contributed by atoms with Gasteiger partial charge >= 0.3 is 0 Å². The number of carbonyl (C=O) groups excluding carboxylic acids is 1. The average molecular weight is 227 g/mol. The molecule has 1 saturated heterocycles. The van der Waals surface area contributed by atoms with Crippen LogP contribution < -0.4 is 0 Å². The number of aliphatic hydroxyl groups excluding tert-OH is 1. The van der Waals surface area contributed by atoms with Gasteiger partial charge in [0.05, 0.1) is 0 Å². The van der Waals surface area contributed by atoms with E-state index in [1.807, 2.05) is 4.90 Å². The molecule has 1 aliphatic rings. The van der Waals surface area contributed by atoms with Gasteiger partial charge in [-0.3, -0.25) is 4.79 Å². The van der Waals surface area contributed by atoms with Crippen LogP contribution in [0.15, 0.2) is 0 Å². The molecule has 0 aromatic heterocycles. The highest BCUT2D eigenvalue weighted by atomic mass is 16.3. The minimum atomic E-state index is 0.140. The van der Waals surface area contributed by atoms with Crippen LogP contribution in [0.1, 0.15) is 46.5 Å². The average Bonchev–Trinajstić information content (AvgIpc) is 2.59. The van der Waals surface area contributed by atoms with E-state index in [4.69, 9.17) is 5.11 Å². The summed E-state index contributed by atoms with van der Waals surface area (Å²) in [5.41, 5.74) is 0. The van der Waals surface area contributed by atoms with Crippen molar-refractivity contribution in [3.63, 3.8) is 0 Å². The molecule has 1 N–H and O–H groups in total. The monoisotopic (exact) mass is 227 g/mol. The molecule has 0 aliphatic carbocycles. The Morgan fingerprint density at radius 1 is 1.38 bits per heavy atom. The number of carbonyl (C=O) groups is 1. The molecule has 2 atom stereocenters. The first kappa shape index (κ1) is 13.5. The maximum atomic E-state index is 11.7. The van der Waals surface area contributed by atoms with Crippen molar-refractivity contribution in [2.24, 2.45) is 11.8 Å². The van der Waals surface area contributed by atoms with Crippen LogP contribution in [-0.4, -0.2) is 35.1 Å². The van der Waals surface area contributed by atoms with Gasteiger partial charge in [0.1, 0.15) is 0 Å². The number of aliphatic hydroxyl groups is 1. The lowest BCUT2D eigenvalue weighted by Crippen LogP contribution is -2.34. The molecular weight excluding hydrogens is 202 g/mol. The molecule has 0 radical (unpaired) electrons. The quantitative estimate of drug-likeness (QED) is 0.754. The van der Waals surface area contributed by atoms with E-state index in [0.29, 0.717) is 12.5 Å². The van der Waals surface area contributed by atoms with Crippen LogP contribution in [0, 0.1) is 11.8 Å². The molecule has 0 bridgehead atoms. The highest BCUT2D eigenvalue weighted by Crippen LogP contribution is 2.22. The van der Waals surface area contributed by atoms with Gasteiger partial charge in [-0.05, 0) is 19.3 Å². The van der Waals surface area contributed by atoms with E-state index < -0.39 is 0 Å². The first-order valence-electron chi connectivity index (χ1n) is 6.45. The zero-order chi connectivity index (χ0) is 12.1. The summed E-state index contributed by atoms with van der Waals surface area (Å²) in [4.78, 5) is 13.6. The van der Waals surface area contributed by atoms with Crippen LogP contribution in [0.5, 0.6) is 0 Å². The summed E-state index contributed by atoms with van der Waals surface area (Å²) in [7, 11) is 0. The number of amides is 1. The van der Waals surface area contributed by atoms with Crippen molar-refractivity contribution in [2.45, 2.75) is 52.5 Å². The number of likely N-dealkylation sites (tertiary alicyclic amines) is 1. The molecule has 1 aliphatic heterocycles. The fourth-order valence-electron chi connectivity index (χ4n) is 2.33. The van der Waals surface area contributed by atoms with Gasteiger partial charge in [-0.25, -0.2) is 0 Å². The zero-order valence-electron chi connectivity index (χ0n) is 10.8. The third-order valence-electron chi connectivity index (χ3n) is 3.43. The van der Waals surface area contributed by atoms with Crippen LogP contribution in [-0.2, 0) is 4.79 Å². The molecule has 1 fully saturated rings. The topological polar surface area (TPSA) is 40.5 Å². The smallest absolute Gasteiger partial charge is 0.223 e. The largest absolute Gasteiger partial charge is 0.396 e. The first-order chi connectivity index (χ1) is 7.54. The van der Waals surface area contributed by atoms with Crippen LogP contribution in [0.4, 0.5) is 0 Å². The molecule has 94 valence electrons. The summed E-state index contributed by atoms with van der Waals surface area (Å²) in [5.74, 6) is 1.13. The lowest BCUT2D eigenvalue weighted by atomic mass is 10.0. The summed E-state index contributed by atoms with van der Waals surface area (Å²) in [6.45, 7) is 7.47. The lowest BCUT2D eigenvalue weighted by Gasteiger charge is -2.25. The zero-order valence-corrected chi connectivity index (χ0v) is 10.8. The van der Waals surface area contributed by atoms with Crippen molar-refractivity contribution >= 4 is 5.91 Å². The van der Waals surface area contributed by atoms with Crippen LogP contribution in [0.25, 0.3) is 0 Å². The molecule has 1 heterocycles. The number of nitrogens with zero attached hydrogens (tertiary/aromatic N) is 1. The number of hydrogen-bond donors (Lipinski definition) is 1. The Hall–Kier alpha value is -0.570. The van der Waals surface area contributed by atoms with E-state index in [1.165, 1.54) is 12.8 Å². The Morgan fingerprint density at radius 2 is 2.06 bits per heavy atom. The summed E-state index contributed by atoms with van der Waals surface area (Å²) >= 11 is 0. The Bertz CT molecular complexity index is 228. The van der Waals surface area contributed by atoms with Crippen LogP contribution in [0.2, 0.25) is 0 Å². The Balaban J connectivity index is 2.31. The second kappa shape index (κ2) is 6.24. The Morgan fingerprint density at radius 3 is 2.56 bits per heavy atom. The van der Waals surface area contributed by atoms with Gasteiger partial charge in [-0.15, -0.1) is 0 Å². The van der Waals surface area contributed by atoms with Crippen molar-refractivity contribution in [3.8, 4) is 0 Å². The lowest BCUT2D eigenvalue weighted by molar-refractivity contribution is -0.129. The molecule has 0 saturated carbocycles. The van der Waals surface area contributed by atoms with Gasteiger partial charge in [0, 0.05) is 31.5 Å². The van der Waals surface area contributed by atoms with E-state index in [9.17, 15) is 4.79 Å². The van der Waals surface area contributed by atoms with Gasteiger partial charge < -0.3 is 10.0 Å². The maximum absolute atomic E-state index is 11.7. The third-order valence-corrected chi connectivity index (χ3v) is 3.43. The summed E-state index contributed by atoms with van der Waals surface area (Å²) in [6.07, 6.45) is 4.04. The second-order valence-electron chi connectivity index (χ2n) is 5.47. The van der Waals surface area contributed by atoms with Gasteiger partial charge in [-0.2, -0.15) is 0 Å². The highest BCUT2D eigenvalue weighted by molar-refractivity contribution is 5.78. The molecule has 1 rings (SSSR count). The van der Waals surface area contributed by atoms with Crippen molar-refractivity contribution < 1.29 is 9.90 Å². The van der Waals surface area contributed by atoms with Crippen molar-refractivity contribution in [3.05, 3.63) is 0 Å². The normalized spacial score (nSPS) is 23.2. The van der Waals surface area contributed by atoms with Gasteiger partial charge in [-0.1, -0.05) is 26.7 Å². The summed E-state index contributed by atoms with van der Waals surface area (Å²) < 4.78 is 0. The van der Waals surface area contributed by atoms with Gasteiger partial charge in [0.2, 0.25) is 5.91 Å². The van der Waals surface area contributed by atoms with Crippen molar-refractivity contribution in [1.29, 1.82) is 0 Å². The predicted octanol–water partition coefficient (Wildman–Crippen LogP) is 2.04. The Labute approximate surface area is 98.8 Å². The highest BCUT2D eigenvalue weighted by Gasteiger charge is 2.31. The predicted molar refractivity (Wildman–Crippen MR) is 65.1 cm³/mol. The van der Waals surface area contributed by atoms with E-state index in [0.717, 1.165) is 18.9 Å². The van der Waals surface area contributed by atoms with E-state index in [-0.39, 0.29) is 18.4 Å². The molecule has 3 heteroatoms. The minimum absolute atomic E-state index is 0.140. The Kier molecular flexibility index (Phi) is 5.26. The van der Waals surface area contributed by atoms with Crippen LogP contribution >= 0.6 is 0 Å². The molecule has 3 nitrogen and oxygen atoms in total. The molecule has 1 amide bonds. The fourth-order valence-corrected chi connectivity index (χ4v) is 2.33. The maximum Gasteiger partial charge on any atom is 0.223 e. The van der Waals surface area contributed by atoms with Crippen molar-refractivity contribution in [2.75, 3.05) is 13.2 Å². The number of hydrogen-bond acceptors (Lipinski definition) is 2.